The van der Waals surface area contributed by atoms with Gasteiger partial charge in [-0.05, 0) is 19.3 Å². The highest BCUT2D eigenvalue weighted by Gasteiger charge is 2.26. The highest BCUT2D eigenvalue weighted by atomic mass is 16.5. The number of ether oxygens (including phenoxy) is 2. The second-order valence-electron chi connectivity index (χ2n) is 3.94. The van der Waals surface area contributed by atoms with Crippen LogP contribution in [0.5, 0.6) is 0 Å². The monoisotopic (exact) mass is 216 g/mol. The van der Waals surface area contributed by atoms with Crippen LogP contribution in [0.2, 0.25) is 0 Å². The van der Waals surface area contributed by atoms with E-state index < -0.39 is 6.04 Å². The van der Waals surface area contributed by atoms with Crippen molar-refractivity contribution in [2.24, 2.45) is 5.73 Å². The summed E-state index contributed by atoms with van der Waals surface area (Å²) in [5.41, 5.74) is 5.60. The molecule has 5 nitrogen and oxygen atoms in total. The first-order valence-electron chi connectivity index (χ1n) is 5.25. The van der Waals surface area contributed by atoms with Gasteiger partial charge in [0.15, 0.2) is 0 Å². The van der Waals surface area contributed by atoms with Gasteiger partial charge in [0.2, 0.25) is 5.91 Å². The lowest BCUT2D eigenvalue weighted by Gasteiger charge is -2.16. The minimum atomic E-state index is -0.573. The second kappa shape index (κ2) is 6.05. The predicted molar refractivity (Wildman–Crippen MR) is 56.4 cm³/mol. The van der Waals surface area contributed by atoms with E-state index in [-0.39, 0.29) is 24.7 Å². The van der Waals surface area contributed by atoms with Gasteiger partial charge in [-0.2, -0.15) is 0 Å². The van der Waals surface area contributed by atoms with Crippen LogP contribution in [0, 0.1) is 0 Å². The van der Waals surface area contributed by atoms with Crippen LogP contribution >= 0.6 is 0 Å². The van der Waals surface area contributed by atoms with E-state index in [4.69, 9.17) is 15.2 Å². The Morgan fingerprint density at radius 1 is 1.53 bits per heavy atom. The smallest absolute Gasteiger partial charge is 0.239 e. The Labute approximate surface area is 90.3 Å². The topological polar surface area (TPSA) is 73.6 Å². The molecule has 0 aromatic rings. The van der Waals surface area contributed by atoms with E-state index in [0.29, 0.717) is 0 Å². The van der Waals surface area contributed by atoms with Gasteiger partial charge in [0, 0.05) is 20.3 Å². The Morgan fingerprint density at radius 2 is 2.27 bits per heavy atom. The fraction of sp³-hybridized carbons (Fsp3) is 0.900. The number of hydrogen-bond donors (Lipinski definition) is 2. The van der Waals surface area contributed by atoms with Gasteiger partial charge >= 0.3 is 0 Å². The van der Waals surface area contributed by atoms with Crippen molar-refractivity contribution in [2.45, 2.75) is 37.5 Å². The summed E-state index contributed by atoms with van der Waals surface area (Å²) in [7, 11) is 3.23. The first kappa shape index (κ1) is 12.4. The van der Waals surface area contributed by atoms with Gasteiger partial charge in [-0.1, -0.05) is 0 Å². The Morgan fingerprint density at radius 3 is 2.80 bits per heavy atom. The molecule has 1 aliphatic carbocycles. The third-order valence-electron chi connectivity index (χ3n) is 2.75. The largest absolute Gasteiger partial charge is 0.383 e. The van der Waals surface area contributed by atoms with Gasteiger partial charge in [0.05, 0.1) is 12.7 Å². The molecule has 3 atom stereocenters. The molecule has 0 heterocycles. The van der Waals surface area contributed by atoms with Crippen molar-refractivity contribution in [3.05, 3.63) is 0 Å². The Kier molecular flexibility index (Phi) is 5.01. The quantitative estimate of drug-likeness (QED) is 0.658. The summed E-state index contributed by atoms with van der Waals surface area (Å²) in [6.07, 6.45) is 3.11. The van der Waals surface area contributed by atoms with Crippen LogP contribution in [-0.4, -0.2) is 44.9 Å². The van der Waals surface area contributed by atoms with Crippen LogP contribution in [0.1, 0.15) is 19.3 Å². The first-order valence-corrected chi connectivity index (χ1v) is 5.25. The van der Waals surface area contributed by atoms with E-state index in [2.05, 4.69) is 5.32 Å². The normalized spacial score (nSPS) is 27.7. The molecule has 0 saturated heterocycles. The fourth-order valence-corrected chi connectivity index (χ4v) is 1.85. The third kappa shape index (κ3) is 3.77. The highest BCUT2D eigenvalue weighted by molar-refractivity contribution is 5.81. The van der Waals surface area contributed by atoms with E-state index in [9.17, 15) is 4.79 Å². The molecule has 5 heteroatoms. The number of amides is 1. The maximum absolute atomic E-state index is 11.5. The number of rotatable bonds is 5. The lowest BCUT2D eigenvalue weighted by molar-refractivity contribution is -0.124. The van der Waals surface area contributed by atoms with Crippen molar-refractivity contribution in [2.75, 3.05) is 20.8 Å². The fourth-order valence-electron chi connectivity index (χ4n) is 1.85. The van der Waals surface area contributed by atoms with Crippen LogP contribution in [0.15, 0.2) is 0 Å². The average Bonchev–Trinajstić information content (AvgIpc) is 2.66. The number of methoxy groups -OCH3 is 2. The van der Waals surface area contributed by atoms with Crippen LogP contribution in [0.4, 0.5) is 0 Å². The summed E-state index contributed by atoms with van der Waals surface area (Å²) in [6.45, 7) is 0.256. The molecular weight excluding hydrogens is 196 g/mol. The summed E-state index contributed by atoms with van der Waals surface area (Å²) >= 11 is 0. The van der Waals surface area contributed by atoms with Crippen molar-refractivity contribution in [1.29, 1.82) is 0 Å². The summed E-state index contributed by atoms with van der Waals surface area (Å²) in [5.74, 6) is -0.140. The average molecular weight is 216 g/mol. The van der Waals surface area contributed by atoms with Gasteiger partial charge in [0.1, 0.15) is 6.04 Å². The molecule has 1 aliphatic rings. The second-order valence-corrected chi connectivity index (χ2v) is 3.94. The zero-order valence-corrected chi connectivity index (χ0v) is 9.36. The molecule has 1 rings (SSSR count). The minimum absolute atomic E-state index is 0.140. The van der Waals surface area contributed by atoms with Crippen molar-refractivity contribution < 1.29 is 14.3 Å². The maximum Gasteiger partial charge on any atom is 0.239 e. The molecule has 1 fully saturated rings. The molecule has 0 aliphatic heterocycles. The zero-order valence-electron chi connectivity index (χ0n) is 9.36. The molecule has 0 bridgehead atoms. The number of carbonyl (C=O) groups is 1. The van der Waals surface area contributed by atoms with Crippen molar-refractivity contribution >= 4 is 5.91 Å². The number of hydrogen-bond acceptors (Lipinski definition) is 4. The summed E-state index contributed by atoms with van der Waals surface area (Å²) in [5, 5.41) is 2.90. The van der Waals surface area contributed by atoms with Gasteiger partial charge in [-0.3, -0.25) is 4.79 Å². The van der Waals surface area contributed by atoms with E-state index in [1.807, 2.05) is 0 Å². The van der Waals surface area contributed by atoms with Crippen LogP contribution in [-0.2, 0) is 14.3 Å². The summed E-state index contributed by atoms with van der Waals surface area (Å²) < 4.78 is 10.0. The Balaban J connectivity index is 2.27. The maximum atomic E-state index is 11.5. The van der Waals surface area contributed by atoms with E-state index in [1.54, 1.807) is 7.11 Å². The summed E-state index contributed by atoms with van der Waals surface area (Å²) in [6, 6.07) is -0.373. The molecule has 88 valence electrons. The molecule has 1 saturated carbocycles. The molecule has 0 aromatic heterocycles. The number of nitrogens with one attached hydrogen (secondary N) is 1. The lowest BCUT2D eigenvalue weighted by Crippen LogP contribution is -2.46. The van der Waals surface area contributed by atoms with Crippen LogP contribution in [0.3, 0.4) is 0 Å². The van der Waals surface area contributed by atoms with Gasteiger partial charge in [-0.25, -0.2) is 0 Å². The van der Waals surface area contributed by atoms with Crippen LogP contribution < -0.4 is 11.1 Å². The van der Waals surface area contributed by atoms with E-state index >= 15 is 0 Å². The molecule has 15 heavy (non-hydrogen) atoms. The molecule has 0 spiro atoms. The third-order valence-corrected chi connectivity index (χ3v) is 2.75. The van der Waals surface area contributed by atoms with Crippen molar-refractivity contribution in [3.8, 4) is 0 Å². The summed E-state index contributed by atoms with van der Waals surface area (Å²) in [4.78, 5) is 11.5. The van der Waals surface area contributed by atoms with Gasteiger partial charge in [-0.15, -0.1) is 0 Å². The Bertz CT molecular complexity index is 211. The molecular formula is C10H20N2O3. The van der Waals surface area contributed by atoms with Gasteiger partial charge in [0.25, 0.3) is 0 Å². The lowest BCUT2D eigenvalue weighted by atomic mass is 10.2. The highest BCUT2D eigenvalue weighted by Crippen LogP contribution is 2.21. The van der Waals surface area contributed by atoms with Crippen molar-refractivity contribution in [1.82, 2.24) is 5.32 Å². The molecule has 0 radical (unpaired) electrons. The zero-order chi connectivity index (χ0) is 11.3. The molecule has 0 aromatic carbocycles. The van der Waals surface area contributed by atoms with Crippen molar-refractivity contribution in [3.63, 3.8) is 0 Å². The van der Waals surface area contributed by atoms with E-state index in [1.165, 1.54) is 7.11 Å². The minimum Gasteiger partial charge on any atom is -0.383 e. The molecule has 3 unspecified atom stereocenters. The van der Waals surface area contributed by atoms with Crippen LogP contribution in [0.25, 0.3) is 0 Å². The van der Waals surface area contributed by atoms with Gasteiger partial charge < -0.3 is 20.5 Å². The molecule has 1 amide bonds. The predicted octanol–water partition coefficient (Wildman–Crippen LogP) is -0.356. The Hall–Kier alpha value is -0.650. The number of carbonyl (C=O) groups excluding carboxylic acids is 1. The number of nitrogens with two attached hydrogens (primary N) is 1. The SMILES string of the molecule is COCC(N)C(=O)NC1CCC(OC)C1. The standard InChI is InChI=1S/C10H20N2O3/c1-14-6-9(11)10(13)12-7-3-4-8(5-7)15-2/h7-9H,3-6,11H2,1-2H3,(H,12,13). The molecule has 3 N–H and O–H groups in total. The van der Waals surface area contributed by atoms with E-state index in [0.717, 1.165) is 19.3 Å². The first-order chi connectivity index (χ1) is 7.17.